The fourth-order valence-corrected chi connectivity index (χ4v) is 6.66. The number of fused-ring (bicyclic) bond motifs is 1. The van der Waals surface area contributed by atoms with Gasteiger partial charge in [-0.15, -0.1) is 0 Å². The average molecular weight is 662 g/mol. The zero-order valence-corrected chi connectivity index (χ0v) is 26.9. The first-order chi connectivity index (χ1) is 22.6. The molecule has 16 nitrogen and oxygen atoms in total. The Kier molecular flexibility index (Phi) is 9.05. The quantitative estimate of drug-likeness (QED) is 0.113. The summed E-state index contributed by atoms with van der Waals surface area (Å²) in [6.07, 6.45) is 9.96. The lowest BCUT2D eigenvalue weighted by Gasteiger charge is -2.31. The molecule has 1 aliphatic carbocycles. The molecule has 2 aliphatic rings. The van der Waals surface area contributed by atoms with Crippen LogP contribution in [-0.2, 0) is 28.4 Å². The van der Waals surface area contributed by atoms with Crippen LogP contribution in [0.15, 0.2) is 36.9 Å². The van der Waals surface area contributed by atoms with Crippen LogP contribution in [0.5, 0.6) is 5.88 Å². The first-order valence-electron chi connectivity index (χ1n) is 15.1. The second kappa shape index (κ2) is 13.3. The SMILES string of the molecule is C=[N+]([O-])c1ncc(CN(c2cnc3cc(N4CCOCC4)nc(OC4CCC(Nc5nccnc5C#N)CC4)c3c2)S(C)(=O)=O)n1C. The molecule has 0 bridgehead atoms. The number of nitriles is 1. The molecule has 0 unspecified atom stereocenters. The highest BCUT2D eigenvalue weighted by Crippen LogP contribution is 2.34. The third kappa shape index (κ3) is 7.03. The van der Waals surface area contributed by atoms with E-state index in [-0.39, 0.29) is 30.3 Å². The Hall–Kier alpha value is -5.08. The van der Waals surface area contributed by atoms with Crippen LogP contribution in [0.1, 0.15) is 37.1 Å². The summed E-state index contributed by atoms with van der Waals surface area (Å²) in [5.41, 5.74) is 1.66. The molecule has 1 saturated carbocycles. The van der Waals surface area contributed by atoms with Crippen molar-refractivity contribution in [3.63, 3.8) is 0 Å². The van der Waals surface area contributed by atoms with Crippen molar-refractivity contribution in [2.75, 3.05) is 47.1 Å². The molecule has 0 atom stereocenters. The summed E-state index contributed by atoms with van der Waals surface area (Å²) < 4.78 is 41.3. The summed E-state index contributed by atoms with van der Waals surface area (Å²) in [7, 11) is -2.17. The molecule has 0 radical (unpaired) electrons. The Labute approximate surface area is 272 Å². The van der Waals surface area contributed by atoms with Gasteiger partial charge in [0, 0.05) is 44.3 Å². The van der Waals surface area contributed by atoms with Gasteiger partial charge in [-0.1, -0.05) is 4.98 Å². The number of nitrogens with zero attached hydrogens (tertiary/aromatic N) is 10. The predicted octanol–water partition coefficient (Wildman–Crippen LogP) is 2.47. The highest BCUT2D eigenvalue weighted by molar-refractivity contribution is 7.92. The topological polar surface area (TPSA) is 190 Å². The van der Waals surface area contributed by atoms with Crippen molar-refractivity contribution in [1.29, 1.82) is 5.26 Å². The van der Waals surface area contributed by atoms with E-state index in [4.69, 9.17) is 14.5 Å². The fourth-order valence-electron chi connectivity index (χ4n) is 5.81. The van der Waals surface area contributed by atoms with E-state index in [1.807, 2.05) is 6.07 Å². The number of ether oxygens (including phenoxy) is 2. The lowest BCUT2D eigenvalue weighted by Crippen LogP contribution is -2.37. The third-order valence-corrected chi connectivity index (χ3v) is 9.47. The molecule has 246 valence electrons. The minimum absolute atomic E-state index is 0.0488. The van der Waals surface area contributed by atoms with Crippen molar-refractivity contribution >= 4 is 50.9 Å². The van der Waals surface area contributed by atoms with Crippen LogP contribution >= 0.6 is 0 Å². The van der Waals surface area contributed by atoms with Gasteiger partial charge in [0.2, 0.25) is 15.9 Å². The molecular weight excluding hydrogens is 626 g/mol. The van der Waals surface area contributed by atoms with E-state index in [0.717, 1.165) is 31.9 Å². The van der Waals surface area contributed by atoms with Gasteiger partial charge in [0.1, 0.15) is 29.9 Å². The third-order valence-electron chi connectivity index (χ3n) is 8.33. The maximum absolute atomic E-state index is 13.1. The zero-order valence-electron chi connectivity index (χ0n) is 26.1. The summed E-state index contributed by atoms with van der Waals surface area (Å²) in [4.78, 5) is 24.1. The number of hydrogen-bond donors (Lipinski definition) is 1. The Balaban J connectivity index is 1.29. The summed E-state index contributed by atoms with van der Waals surface area (Å²) in [5.74, 6) is 1.59. The van der Waals surface area contributed by atoms with E-state index in [1.54, 1.807) is 19.3 Å². The number of imidazole rings is 1. The van der Waals surface area contributed by atoms with Crippen LogP contribution < -0.4 is 19.3 Å². The number of hydrogen-bond acceptors (Lipinski definition) is 13. The number of rotatable bonds is 10. The second-order valence-electron chi connectivity index (χ2n) is 11.5. The van der Waals surface area contributed by atoms with Crippen molar-refractivity contribution in [3.05, 3.63) is 53.5 Å². The molecule has 1 aliphatic heterocycles. The van der Waals surface area contributed by atoms with Crippen LogP contribution in [0.4, 0.5) is 23.3 Å². The van der Waals surface area contributed by atoms with Gasteiger partial charge in [-0.2, -0.15) is 10.2 Å². The summed E-state index contributed by atoms with van der Waals surface area (Å²) in [6.45, 7) is 5.74. The van der Waals surface area contributed by atoms with Crippen molar-refractivity contribution in [2.24, 2.45) is 7.05 Å². The minimum Gasteiger partial charge on any atom is -0.741 e. The summed E-state index contributed by atoms with van der Waals surface area (Å²) >= 11 is 0. The molecule has 0 amide bonds. The normalized spacial score (nSPS) is 18.4. The van der Waals surface area contributed by atoms with Crippen molar-refractivity contribution in [3.8, 4) is 11.9 Å². The van der Waals surface area contributed by atoms with Gasteiger partial charge in [-0.25, -0.2) is 23.0 Å². The molecule has 17 heteroatoms. The van der Waals surface area contributed by atoms with Gasteiger partial charge in [0.25, 0.3) is 0 Å². The minimum atomic E-state index is -3.79. The molecule has 1 N–H and O–H groups in total. The van der Waals surface area contributed by atoms with Crippen molar-refractivity contribution < 1.29 is 22.6 Å². The lowest BCUT2D eigenvalue weighted by molar-refractivity contribution is -0.362. The van der Waals surface area contributed by atoms with Crippen molar-refractivity contribution in [1.82, 2.24) is 29.5 Å². The highest BCUT2D eigenvalue weighted by atomic mass is 32.2. The standard InChI is InChI=1S/C30H35N11O5S/c1-38-22(18-35-30(38)39(2)42)19-41(47(3,43)44)21-14-24-25(34-17-21)15-27(40-10-12-45-13-11-40)37-29(24)46-23-6-4-20(5-7-23)36-28-26(16-31)32-8-9-33-28/h8-9,14-15,17-18,20,23H,2,4-7,10-13,19H2,1,3H3,(H,33,36). The average Bonchev–Trinajstić information content (AvgIpc) is 3.44. The molecular formula is C30H35N11O5S. The number of morpholine rings is 1. The van der Waals surface area contributed by atoms with Crippen LogP contribution in [0.25, 0.3) is 10.9 Å². The van der Waals surface area contributed by atoms with Gasteiger partial charge < -0.3 is 24.9 Å². The number of nitrogens with one attached hydrogen (secondary N) is 1. The zero-order chi connectivity index (χ0) is 33.1. The first-order valence-corrected chi connectivity index (χ1v) is 17.0. The molecule has 6 rings (SSSR count). The van der Waals surface area contributed by atoms with E-state index in [2.05, 4.69) is 42.9 Å². The van der Waals surface area contributed by atoms with Crippen molar-refractivity contribution in [2.45, 2.75) is 44.4 Å². The Morgan fingerprint density at radius 1 is 1.15 bits per heavy atom. The smallest absolute Gasteiger partial charge is 0.398 e. The molecule has 1 saturated heterocycles. The van der Waals surface area contributed by atoms with Crippen LogP contribution in [0, 0.1) is 16.5 Å². The number of anilines is 3. The summed E-state index contributed by atoms with van der Waals surface area (Å²) in [6, 6.07) is 5.77. The molecule has 47 heavy (non-hydrogen) atoms. The molecule has 0 aromatic carbocycles. The second-order valence-corrected chi connectivity index (χ2v) is 13.4. The monoisotopic (exact) mass is 661 g/mol. The van der Waals surface area contributed by atoms with Gasteiger partial charge in [0.05, 0.1) is 55.8 Å². The van der Waals surface area contributed by atoms with E-state index >= 15 is 0 Å². The van der Waals surface area contributed by atoms with E-state index < -0.39 is 10.0 Å². The van der Waals surface area contributed by atoms with E-state index in [1.165, 1.54) is 27.5 Å². The predicted molar refractivity (Wildman–Crippen MR) is 174 cm³/mol. The maximum Gasteiger partial charge on any atom is 0.398 e. The van der Waals surface area contributed by atoms with Gasteiger partial charge in [-0.3, -0.25) is 14.0 Å². The number of sulfonamides is 1. The van der Waals surface area contributed by atoms with Crippen LogP contribution in [0.2, 0.25) is 0 Å². The molecule has 4 aromatic rings. The van der Waals surface area contributed by atoms with Gasteiger partial charge >= 0.3 is 5.95 Å². The van der Waals surface area contributed by atoms with Crippen LogP contribution in [0.3, 0.4) is 0 Å². The number of aromatic nitrogens is 6. The molecule has 5 heterocycles. The Morgan fingerprint density at radius 2 is 1.89 bits per heavy atom. The van der Waals surface area contributed by atoms with Crippen LogP contribution in [-0.4, -0.2) is 94.1 Å². The first kappa shape index (κ1) is 31.9. The fraction of sp³-hybridized carbons (Fsp3) is 0.433. The Bertz CT molecular complexity index is 1930. The van der Waals surface area contributed by atoms with E-state index in [0.29, 0.717) is 70.8 Å². The van der Waals surface area contributed by atoms with Gasteiger partial charge in [-0.05, 0) is 31.7 Å². The van der Waals surface area contributed by atoms with E-state index in [9.17, 15) is 18.9 Å². The maximum atomic E-state index is 13.1. The lowest BCUT2D eigenvalue weighted by atomic mass is 9.93. The molecule has 2 fully saturated rings. The molecule has 0 spiro atoms. The van der Waals surface area contributed by atoms with Gasteiger partial charge in [0.15, 0.2) is 11.5 Å². The Morgan fingerprint density at radius 3 is 2.57 bits per heavy atom. The molecule has 4 aromatic heterocycles. The summed E-state index contributed by atoms with van der Waals surface area (Å²) in [5, 5.41) is 25.1. The highest BCUT2D eigenvalue weighted by Gasteiger charge is 2.28. The largest absolute Gasteiger partial charge is 0.741 e. The number of pyridine rings is 2.